The van der Waals surface area contributed by atoms with Gasteiger partial charge in [0.1, 0.15) is 11.2 Å². The van der Waals surface area contributed by atoms with Gasteiger partial charge in [0.05, 0.1) is 0 Å². The molecule has 3 rings (SSSR count). The van der Waals surface area contributed by atoms with Crippen LogP contribution in [0.25, 0.3) is 11.0 Å². The molecule has 0 atom stereocenters. The van der Waals surface area contributed by atoms with Gasteiger partial charge in [-0.1, -0.05) is 0 Å². The Kier molecular flexibility index (Phi) is 3.30. The summed E-state index contributed by atoms with van der Waals surface area (Å²) in [7, 11) is 2.06. The van der Waals surface area contributed by atoms with Crippen LogP contribution < -0.4 is 10.5 Å². The van der Waals surface area contributed by atoms with Crippen molar-refractivity contribution in [1.29, 1.82) is 0 Å². The number of aromatic amines is 1. The smallest absolute Gasteiger partial charge is 0.341 e. The van der Waals surface area contributed by atoms with Crippen molar-refractivity contribution in [2.45, 2.75) is 0 Å². The minimum Gasteiger partial charge on any atom is -0.477 e. The molecule has 0 aromatic carbocycles. The minimum atomic E-state index is -1.26. The average molecular weight is 289 g/mol. The summed E-state index contributed by atoms with van der Waals surface area (Å²) in [6.45, 7) is 3.49. The van der Waals surface area contributed by atoms with E-state index in [1.807, 2.05) is 4.90 Å². The molecule has 1 aliphatic rings. The fourth-order valence-corrected chi connectivity index (χ4v) is 2.30. The highest BCUT2D eigenvalue weighted by Gasteiger charge is 2.17. The molecule has 8 nitrogen and oxygen atoms in total. The minimum absolute atomic E-state index is 0.307. The quantitative estimate of drug-likeness (QED) is 0.787. The molecule has 0 saturated carbocycles. The van der Waals surface area contributed by atoms with Crippen LogP contribution in [0.2, 0.25) is 0 Å². The molecule has 1 saturated heterocycles. The number of rotatable bonds is 2. The third-order valence-electron chi connectivity index (χ3n) is 3.60. The summed E-state index contributed by atoms with van der Waals surface area (Å²) < 4.78 is 0. The lowest BCUT2D eigenvalue weighted by Gasteiger charge is -2.32. The average Bonchev–Trinajstić information content (AvgIpc) is 2.46. The third-order valence-corrected chi connectivity index (χ3v) is 3.60. The van der Waals surface area contributed by atoms with E-state index >= 15 is 0 Å². The van der Waals surface area contributed by atoms with E-state index in [9.17, 15) is 9.59 Å². The Bertz CT molecular complexity index is 749. The second-order valence-electron chi connectivity index (χ2n) is 5.08. The molecule has 0 radical (unpaired) electrons. The highest BCUT2D eigenvalue weighted by atomic mass is 16.4. The van der Waals surface area contributed by atoms with Crippen molar-refractivity contribution in [1.82, 2.24) is 19.9 Å². The van der Waals surface area contributed by atoms with Crippen LogP contribution in [-0.2, 0) is 0 Å². The number of carbonyl (C=O) groups is 1. The first kappa shape index (κ1) is 13.5. The fourth-order valence-electron chi connectivity index (χ4n) is 2.30. The van der Waals surface area contributed by atoms with Crippen molar-refractivity contribution in [2.24, 2.45) is 0 Å². The summed E-state index contributed by atoms with van der Waals surface area (Å²) in [6, 6.07) is 1.30. The number of H-pyrrole nitrogens is 1. The van der Waals surface area contributed by atoms with E-state index in [0.29, 0.717) is 17.0 Å². The van der Waals surface area contributed by atoms with Gasteiger partial charge in [-0.3, -0.25) is 4.79 Å². The Morgan fingerprint density at radius 1 is 1.33 bits per heavy atom. The maximum absolute atomic E-state index is 11.7. The van der Waals surface area contributed by atoms with Gasteiger partial charge in [-0.2, -0.15) is 4.98 Å². The van der Waals surface area contributed by atoms with E-state index in [1.165, 1.54) is 6.07 Å². The number of pyridine rings is 1. The molecule has 8 heteroatoms. The molecular formula is C13H15N5O3. The summed E-state index contributed by atoms with van der Waals surface area (Å²) in [5, 5.41) is 9.44. The van der Waals surface area contributed by atoms with Crippen LogP contribution in [-0.4, -0.2) is 64.2 Å². The van der Waals surface area contributed by atoms with Gasteiger partial charge in [0.15, 0.2) is 0 Å². The number of carboxylic acid groups (broad SMARTS) is 1. The van der Waals surface area contributed by atoms with E-state index < -0.39 is 11.5 Å². The second-order valence-corrected chi connectivity index (χ2v) is 5.08. The van der Waals surface area contributed by atoms with Crippen molar-refractivity contribution in [3.63, 3.8) is 0 Å². The SMILES string of the molecule is CN1CCN(c2ncc3cc(C(=O)O)c(=O)[nH]c3n2)CC1. The van der Waals surface area contributed by atoms with Crippen LogP contribution >= 0.6 is 0 Å². The second kappa shape index (κ2) is 5.13. The molecule has 21 heavy (non-hydrogen) atoms. The van der Waals surface area contributed by atoms with Gasteiger partial charge >= 0.3 is 5.97 Å². The van der Waals surface area contributed by atoms with Gasteiger partial charge in [0.2, 0.25) is 5.95 Å². The number of piperazine rings is 1. The van der Waals surface area contributed by atoms with E-state index in [4.69, 9.17) is 5.11 Å². The third kappa shape index (κ3) is 2.57. The summed E-state index contributed by atoms with van der Waals surface area (Å²) in [5.41, 5.74) is -0.606. The first-order valence-electron chi connectivity index (χ1n) is 6.61. The zero-order valence-electron chi connectivity index (χ0n) is 11.5. The lowest BCUT2D eigenvalue weighted by molar-refractivity contribution is 0.0695. The topological polar surface area (TPSA) is 102 Å². The number of carboxylic acids is 1. The van der Waals surface area contributed by atoms with Crippen molar-refractivity contribution >= 4 is 23.0 Å². The first-order valence-corrected chi connectivity index (χ1v) is 6.61. The Balaban J connectivity index is 1.99. The normalized spacial score (nSPS) is 16.3. The molecule has 0 unspecified atom stereocenters. The van der Waals surface area contributed by atoms with Gasteiger partial charge < -0.3 is 19.9 Å². The van der Waals surface area contributed by atoms with Gasteiger partial charge in [-0.05, 0) is 13.1 Å². The van der Waals surface area contributed by atoms with Gasteiger partial charge in [-0.25, -0.2) is 9.78 Å². The van der Waals surface area contributed by atoms with Crippen molar-refractivity contribution < 1.29 is 9.90 Å². The Morgan fingerprint density at radius 3 is 2.71 bits per heavy atom. The maximum Gasteiger partial charge on any atom is 0.341 e. The molecule has 2 aromatic heterocycles. The van der Waals surface area contributed by atoms with E-state index in [2.05, 4.69) is 26.9 Å². The zero-order chi connectivity index (χ0) is 15.0. The summed E-state index contributed by atoms with van der Waals surface area (Å²) in [4.78, 5) is 38.0. The number of nitrogens with one attached hydrogen (secondary N) is 1. The Labute approximate surface area is 120 Å². The highest BCUT2D eigenvalue weighted by molar-refractivity contribution is 5.91. The van der Waals surface area contributed by atoms with Crippen LogP contribution in [0.15, 0.2) is 17.1 Å². The van der Waals surface area contributed by atoms with Crippen molar-refractivity contribution in [2.75, 3.05) is 38.1 Å². The number of hydrogen-bond donors (Lipinski definition) is 2. The maximum atomic E-state index is 11.7. The number of hydrogen-bond acceptors (Lipinski definition) is 6. The molecule has 0 aliphatic carbocycles. The van der Waals surface area contributed by atoms with Crippen LogP contribution in [0.4, 0.5) is 5.95 Å². The van der Waals surface area contributed by atoms with E-state index in [1.54, 1.807) is 6.20 Å². The lowest BCUT2D eigenvalue weighted by Crippen LogP contribution is -2.45. The van der Waals surface area contributed by atoms with Gasteiger partial charge in [-0.15, -0.1) is 0 Å². The van der Waals surface area contributed by atoms with Crippen LogP contribution in [0.3, 0.4) is 0 Å². The number of nitrogens with zero attached hydrogens (tertiary/aromatic N) is 4. The largest absolute Gasteiger partial charge is 0.477 e. The summed E-state index contributed by atoms with van der Waals surface area (Å²) >= 11 is 0. The number of aromatic nitrogens is 3. The van der Waals surface area contributed by atoms with Gasteiger partial charge in [0, 0.05) is 37.8 Å². The molecule has 0 spiro atoms. The molecule has 1 aliphatic heterocycles. The molecule has 2 aromatic rings. The van der Waals surface area contributed by atoms with Crippen molar-refractivity contribution in [3.8, 4) is 0 Å². The molecule has 3 heterocycles. The first-order chi connectivity index (χ1) is 10.0. The van der Waals surface area contributed by atoms with Gasteiger partial charge in [0.25, 0.3) is 5.56 Å². The fraction of sp³-hybridized carbons (Fsp3) is 0.385. The summed E-state index contributed by atoms with van der Waals surface area (Å²) in [6.07, 6.45) is 1.54. The molecule has 0 bridgehead atoms. The molecule has 0 amide bonds. The molecule has 1 fully saturated rings. The molecule has 110 valence electrons. The monoisotopic (exact) mass is 289 g/mol. The van der Waals surface area contributed by atoms with E-state index in [0.717, 1.165) is 26.2 Å². The Morgan fingerprint density at radius 2 is 2.05 bits per heavy atom. The Hall–Kier alpha value is -2.48. The molecule has 2 N–H and O–H groups in total. The number of fused-ring (bicyclic) bond motifs is 1. The number of aromatic carboxylic acids is 1. The lowest BCUT2D eigenvalue weighted by atomic mass is 10.2. The zero-order valence-corrected chi connectivity index (χ0v) is 11.5. The summed E-state index contributed by atoms with van der Waals surface area (Å²) in [5.74, 6) is -0.712. The van der Waals surface area contributed by atoms with Crippen LogP contribution in [0.1, 0.15) is 10.4 Å². The van der Waals surface area contributed by atoms with Crippen LogP contribution in [0, 0.1) is 0 Å². The standard InChI is InChI=1S/C13H15N5O3/c1-17-2-4-18(5-3-17)13-14-7-8-6-9(12(20)21)11(19)15-10(8)16-13/h6-7H,2-5H2,1H3,(H,20,21)(H,14,15,16,19). The van der Waals surface area contributed by atoms with E-state index in [-0.39, 0.29) is 5.56 Å². The highest BCUT2D eigenvalue weighted by Crippen LogP contribution is 2.14. The number of anilines is 1. The van der Waals surface area contributed by atoms with Crippen molar-refractivity contribution in [3.05, 3.63) is 28.2 Å². The van der Waals surface area contributed by atoms with Crippen LogP contribution in [0.5, 0.6) is 0 Å². The number of likely N-dealkylation sites (N-methyl/N-ethyl adjacent to an activating group) is 1. The predicted octanol–water partition coefficient (Wildman–Crippen LogP) is -0.232. The molecular weight excluding hydrogens is 274 g/mol. The predicted molar refractivity (Wildman–Crippen MR) is 76.8 cm³/mol.